The Balaban J connectivity index is 1.87. The minimum absolute atomic E-state index is 1.10. The van der Waals surface area contributed by atoms with Gasteiger partial charge in [-0.05, 0) is 47.7 Å². The van der Waals surface area contributed by atoms with E-state index < -0.39 is 0 Å². The number of hydrogen-bond donors (Lipinski definition) is 0. The Kier molecular flexibility index (Phi) is 2.60. The summed E-state index contributed by atoms with van der Waals surface area (Å²) < 4.78 is 3.45. The van der Waals surface area contributed by atoms with Gasteiger partial charge in [0.15, 0.2) is 4.96 Å². The molecule has 0 amide bonds. The Morgan fingerprint density at radius 2 is 2.17 bits per heavy atom. The molecule has 0 fully saturated rings. The summed E-state index contributed by atoms with van der Waals surface area (Å²) in [6.07, 6.45) is 7.30. The lowest BCUT2D eigenvalue weighted by atomic mass is 10.0. The van der Waals surface area contributed by atoms with Crippen LogP contribution in [0.2, 0.25) is 0 Å². The second kappa shape index (κ2) is 4.18. The zero-order valence-electron chi connectivity index (χ0n) is 9.65. The first-order chi connectivity index (χ1) is 8.81. The quantitative estimate of drug-likeness (QED) is 0.624. The van der Waals surface area contributed by atoms with Crippen molar-refractivity contribution in [3.8, 4) is 10.6 Å². The fourth-order valence-electron chi connectivity index (χ4n) is 2.53. The third kappa shape index (κ3) is 1.68. The van der Waals surface area contributed by atoms with Crippen LogP contribution in [0.15, 0.2) is 22.1 Å². The summed E-state index contributed by atoms with van der Waals surface area (Å²) in [7, 11) is 0. The van der Waals surface area contributed by atoms with Crippen LogP contribution in [-0.2, 0) is 12.8 Å². The van der Waals surface area contributed by atoms with E-state index in [0.717, 1.165) is 15.1 Å². The zero-order valence-corrected chi connectivity index (χ0v) is 12.9. The predicted octanol–water partition coefficient (Wildman–Crippen LogP) is 4.77. The lowest BCUT2D eigenvalue weighted by Crippen LogP contribution is -2.01. The van der Waals surface area contributed by atoms with Crippen molar-refractivity contribution < 1.29 is 0 Å². The number of imidazole rings is 1. The van der Waals surface area contributed by atoms with Crippen LogP contribution in [-0.4, -0.2) is 9.38 Å². The average Bonchev–Trinajstić information content (AvgIpc) is 3.01. The summed E-state index contributed by atoms with van der Waals surface area (Å²) in [5.41, 5.74) is 2.60. The van der Waals surface area contributed by atoms with Gasteiger partial charge in [-0.2, -0.15) is 0 Å². The standard InChI is InChI=1S/C13H11BrN2S2/c14-8-5-12(17-7-8)9-6-16-10-3-1-2-4-11(10)18-13(16)15-9/h5-7H,1-4H2. The van der Waals surface area contributed by atoms with Gasteiger partial charge < -0.3 is 0 Å². The highest BCUT2D eigenvalue weighted by Gasteiger charge is 2.18. The smallest absolute Gasteiger partial charge is 0.194 e. The number of aryl methyl sites for hydroxylation is 2. The van der Waals surface area contributed by atoms with Gasteiger partial charge in [0.05, 0.1) is 4.88 Å². The zero-order chi connectivity index (χ0) is 12.1. The first-order valence-electron chi connectivity index (χ1n) is 6.05. The Bertz CT molecular complexity index is 723. The van der Waals surface area contributed by atoms with Gasteiger partial charge in [-0.15, -0.1) is 22.7 Å². The number of thiazole rings is 1. The van der Waals surface area contributed by atoms with E-state index >= 15 is 0 Å². The van der Waals surface area contributed by atoms with Crippen LogP contribution in [0.1, 0.15) is 23.4 Å². The molecule has 0 unspecified atom stereocenters. The fourth-order valence-corrected chi connectivity index (χ4v) is 5.10. The van der Waals surface area contributed by atoms with E-state index in [0.29, 0.717) is 0 Å². The van der Waals surface area contributed by atoms with Crippen LogP contribution in [0.25, 0.3) is 15.5 Å². The summed E-state index contributed by atoms with van der Waals surface area (Å²) in [5.74, 6) is 0. The first-order valence-corrected chi connectivity index (χ1v) is 8.54. The molecule has 0 aliphatic heterocycles. The average molecular weight is 339 g/mol. The largest absolute Gasteiger partial charge is 0.294 e. The summed E-state index contributed by atoms with van der Waals surface area (Å²) in [5, 5.41) is 2.11. The fraction of sp³-hybridized carbons (Fsp3) is 0.308. The summed E-state index contributed by atoms with van der Waals surface area (Å²) in [4.78, 5) is 8.71. The van der Waals surface area contributed by atoms with Crippen LogP contribution in [0.4, 0.5) is 0 Å². The predicted molar refractivity (Wildman–Crippen MR) is 80.7 cm³/mol. The van der Waals surface area contributed by atoms with Crippen LogP contribution in [0, 0.1) is 0 Å². The van der Waals surface area contributed by atoms with Crippen LogP contribution in [0.3, 0.4) is 0 Å². The molecule has 2 nitrogen and oxygen atoms in total. The van der Waals surface area contributed by atoms with E-state index in [2.05, 4.69) is 38.0 Å². The molecule has 0 saturated carbocycles. The molecular formula is C13H11BrN2S2. The molecule has 0 bridgehead atoms. The van der Waals surface area contributed by atoms with Crippen LogP contribution in [0.5, 0.6) is 0 Å². The molecule has 0 atom stereocenters. The van der Waals surface area contributed by atoms with E-state index in [9.17, 15) is 0 Å². The van der Waals surface area contributed by atoms with Crippen LogP contribution < -0.4 is 0 Å². The molecule has 92 valence electrons. The highest BCUT2D eigenvalue weighted by molar-refractivity contribution is 9.10. The van der Waals surface area contributed by atoms with E-state index in [4.69, 9.17) is 4.98 Å². The topological polar surface area (TPSA) is 17.3 Å². The maximum atomic E-state index is 4.77. The van der Waals surface area contributed by atoms with Crippen molar-refractivity contribution in [3.63, 3.8) is 0 Å². The van der Waals surface area contributed by atoms with Gasteiger partial charge in [-0.1, -0.05) is 0 Å². The number of aromatic nitrogens is 2. The highest BCUT2D eigenvalue weighted by Crippen LogP contribution is 2.34. The van der Waals surface area contributed by atoms with Gasteiger partial charge in [-0.25, -0.2) is 4.98 Å². The second-order valence-electron chi connectivity index (χ2n) is 4.59. The van der Waals surface area contributed by atoms with Crippen molar-refractivity contribution in [1.29, 1.82) is 0 Å². The maximum absolute atomic E-state index is 4.77. The number of rotatable bonds is 1. The normalized spacial score (nSPS) is 15.2. The van der Waals surface area contributed by atoms with Gasteiger partial charge in [0.25, 0.3) is 0 Å². The van der Waals surface area contributed by atoms with Crippen molar-refractivity contribution in [2.45, 2.75) is 25.7 Å². The van der Waals surface area contributed by atoms with E-state index in [1.54, 1.807) is 16.2 Å². The Morgan fingerprint density at radius 3 is 3.00 bits per heavy atom. The van der Waals surface area contributed by atoms with Crippen molar-refractivity contribution in [2.75, 3.05) is 0 Å². The molecule has 18 heavy (non-hydrogen) atoms. The third-order valence-corrected chi connectivity index (χ3v) is 6.26. The SMILES string of the molecule is Brc1csc(-c2cn3c4c(sc3n2)CCCC4)c1. The molecule has 0 aromatic carbocycles. The molecule has 1 aliphatic rings. The minimum Gasteiger partial charge on any atom is -0.294 e. The summed E-state index contributed by atoms with van der Waals surface area (Å²) >= 11 is 7.11. The molecule has 4 rings (SSSR count). The van der Waals surface area contributed by atoms with Crippen molar-refractivity contribution >= 4 is 43.6 Å². The van der Waals surface area contributed by atoms with Gasteiger partial charge in [-0.3, -0.25) is 4.40 Å². The van der Waals surface area contributed by atoms with Gasteiger partial charge in [0.2, 0.25) is 0 Å². The van der Waals surface area contributed by atoms with Gasteiger partial charge >= 0.3 is 0 Å². The van der Waals surface area contributed by atoms with Crippen molar-refractivity contribution in [2.24, 2.45) is 0 Å². The lowest BCUT2D eigenvalue weighted by Gasteiger charge is -2.09. The third-order valence-electron chi connectivity index (χ3n) is 3.39. The van der Waals surface area contributed by atoms with E-state index in [1.807, 2.05) is 11.3 Å². The van der Waals surface area contributed by atoms with Crippen LogP contribution >= 0.6 is 38.6 Å². The second-order valence-corrected chi connectivity index (χ2v) is 7.48. The highest BCUT2D eigenvalue weighted by atomic mass is 79.9. The van der Waals surface area contributed by atoms with Gasteiger partial charge in [0.1, 0.15) is 5.69 Å². The number of halogens is 1. The molecule has 1 aliphatic carbocycles. The molecule has 5 heteroatoms. The Morgan fingerprint density at radius 1 is 1.28 bits per heavy atom. The Labute approximate surface area is 121 Å². The maximum Gasteiger partial charge on any atom is 0.194 e. The minimum atomic E-state index is 1.10. The van der Waals surface area contributed by atoms with E-state index in [1.165, 1.54) is 36.3 Å². The van der Waals surface area contributed by atoms with Gasteiger partial charge in [0, 0.05) is 26.6 Å². The molecule has 3 aromatic heterocycles. The summed E-state index contributed by atoms with van der Waals surface area (Å²) in [6.45, 7) is 0. The first kappa shape index (κ1) is 11.2. The molecule has 3 heterocycles. The lowest BCUT2D eigenvalue weighted by molar-refractivity contribution is 0.674. The molecule has 0 saturated heterocycles. The number of fused-ring (bicyclic) bond motifs is 3. The Hall–Kier alpha value is -0.650. The number of thiophene rings is 1. The number of hydrogen-bond acceptors (Lipinski definition) is 3. The molecule has 0 radical (unpaired) electrons. The molecule has 3 aromatic rings. The van der Waals surface area contributed by atoms with E-state index in [-0.39, 0.29) is 0 Å². The molecular weight excluding hydrogens is 328 g/mol. The number of nitrogens with zero attached hydrogens (tertiary/aromatic N) is 2. The monoisotopic (exact) mass is 338 g/mol. The summed E-state index contributed by atoms with van der Waals surface area (Å²) in [6, 6.07) is 2.14. The molecule has 0 N–H and O–H groups in total. The van der Waals surface area contributed by atoms with Crippen molar-refractivity contribution in [1.82, 2.24) is 9.38 Å². The molecule has 0 spiro atoms. The van der Waals surface area contributed by atoms with Crippen molar-refractivity contribution in [3.05, 3.63) is 32.7 Å².